The van der Waals surface area contributed by atoms with Gasteiger partial charge in [0.15, 0.2) is 0 Å². The van der Waals surface area contributed by atoms with Gasteiger partial charge in [0.25, 0.3) is 5.91 Å². The van der Waals surface area contributed by atoms with E-state index in [1.807, 2.05) is 19.9 Å². The quantitative estimate of drug-likeness (QED) is 0.923. The summed E-state index contributed by atoms with van der Waals surface area (Å²) in [6, 6.07) is 2.15. The highest BCUT2D eigenvalue weighted by molar-refractivity contribution is 5.99. The van der Waals surface area contributed by atoms with Crippen molar-refractivity contribution in [3.63, 3.8) is 0 Å². The van der Waals surface area contributed by atoms with Gasteiger partial charge >= 0.3 is 5.97 Å². The summed E-state index contributed by atoms with van der Waals surface area (Å²) >= 11 is 0. The number of carboxylic acids is 1. The van der Waals surface area contributed by atoms with Gasteiger partial charge in [0, 0.05) is 24.5 Å². The number of carbonyl (C=O) groups is 2. The molecule has 1 aromatic heterocycles. The Balaban J connectivity index is 2.39. The van der Waals surface area contributed by atoms with Crippen LogP contribution in [0.4, 0.5) is 0 Å². The van der Waals surface area contributed by atoms with Crippen molar-refractivity contribution >= 4 is 11.9 Å². The first kappa shape index (κ1) is 17.6. The third-order valence-corrected chi connectivity index (χ3v) is 5.26. The highest BCUT2D eigenvalue weighted by Gasteiger charge is 2.46. The molecule has 0 atom stereocenters. The Labute approximate surface area is 138 Å². The van der Waals surface area contributed by atoms with Crippen LogP contribution in [0.2, 0.25) is 0 Å². The molecule has 1 saturated carbocycles. The lowest BCUT2D eigenvalue weighted by Crippen LogP contribution is -2.56. The number of hydrogen-bond acceptors (Lipinski definition) is 2. The number of aryl methyl sites for hydroxylation is 1. The third kappa shape index (κ3) is 2.89. The molecule has 1 aliphatic carbocycles. The third-order valence-electron chi connectivity index (χ3n) is 5.26. The van der Waals surface area contributed by atoms with E-state index in [0.717, 1.165) is 30.7 Å². The van der Waals surface area contributed by atoms with Gasteiger partial charge in [-0.1, -0.05) is 19.3 Å². The zero-order valence-electron chi connectivity index (χ0n) is 14.8. The summed E-state index contributed by atoms with van der Waals surface area (Å²) in [5.41, 5.74) is 1.49. The molecule has 0 aromatic carbocycles. The van der Waals surface area contributed by atoms with Crippen LogP contribution in [-0.2, 0) is 4.79 Å². The molecule has 0 unspecified atom stereocenters. The van der Waals surface area contributed by atoms with E-state index in [-0.39, 0.29) is 11.9 Å². The van der Waals surface area contributed by atoms with E-state index in [1.165, 1.54) is 4.90 Å². The maximum atomic E-state index is 13.0. The number of likely N-dealkylation sites (N-methyl/N-ethyl adjacent to an activating group) is 1. The monoisotopic (exact) mass is 320 g/mol. The Morgan fingerprint density at radius 3 is 2.22 bits per heavy atom. The number of nitrogens with zero attached hydrogens (tertiary/aromatic N) is 2. The second-order valence-corrected chi connectivity index (χ2v) is 7.01. The number of amides is 1. The van der Waals surface area contributed by atoms with Crippen molar-refractivity contribution in [2.75, 3.05) is 7.05 Å². The Hall–Kier alpha value is -1.78. The molecule has 1 aliphatic rings. The number of rotatable bonds is 4. The van der Waals surface area contributed by atoms with Crippen LogP contribution < -0.4 is 0 Å². The van der Waals surface area contributed by atoms with Gasteiger partial charge < -0.3 is 14.6 Å². The summed E-state index contributed by atoms with van der Waals surface area (Å²) in [7, 11) is 1.64. The molecule has 1 heterocycles. The maximum Gasteiger partial charge on any atom is 0.329 e. The molecule has 0 spiro atoms. The normalized spacial score (nSPS) is 17.3. The molecular formula is C18H28N2O3. The minimum Gasteiger partial charge on any atom is -0.479 e. The minimum absolute atomic E-state index is 0.186. The molecule has 2 rings (SSSR count). The lowest BCUT2D eigenvalue weighted by atomic mass is 9.80. The Kier molecular flexibility index (Phi) is 4.87. The van der Waals surface area contributed by atoms with Crippen LogP contribution in [0.5, 0.6) is 0 Å². The van der Waals surface area contributed by atoms with Gasteiger partial charge in [0.1, 0.15) is 5.54 Å². The number of aromatic nitrogens is 1. The van der Waals surface area contributed by atoms with Crippen LogP contribution in [0.25, 0.3) is 0 Å². The van der Waals surface area contributed by atoms with Crippen molar-refractivity contribution in [3.8, 4) is 0 Å². The number of carboxylic acid groups (broad SMARTS) is 1. The second kappa shape index (κ2) is 6.38. The summed E-state index contributed by atoms with van der Waals surface area (Å²) in [5, 5.41) is 9.77. The molecule has 1 N–H and O–H groups in total. The van der Waals surface area contributed by atoms with Gasteiger partial charge in [0.2, 0.25) is 0 Å². The van der Waals surface area contributed by atoms with Crippen LogP contribution in [0.1, 0.15) is 73.7 Å². The fourth-order valence-corrected chi connectivity index (χ4v) is 3.99. The van der Waals surface area contributed by atoms with Crippen molar-refractivity contribution in [1.29, 1.82) is 0 Å². The molecule has 1 amide bonds. The highest BCUT2D eigenvalue weighted by atomic mass is 16.4. The first-order valence-electron chi connectivity index (χ1n) is 8.42. The summed E-state index contributed by atoms with van der Waals surface area (Å²) in [4.78, 5) is 26.4. The molecule has 0 aliphatic heterocycles. The second-order valence-electron chi connectivity index (χ2n) is 7.01. The van der Waals surface area contributed by atoms with Crippen molar-refractivity contribution in [3.05, 3.63) is 23.0 Å². The molecule has 1 fully saturated rings. The van der Waals surface area contributed by atoms with Gasteiger partial charge in [0.05, 0.1) is 5.56 Å². The topological polar surface area (TPSA) is 62.5 Å². The first-order valence-corrected chi connectivity index (χ1v) is 8.42. The number of carbonyl (C=O) groups excluding carboxylic acids is 1. The van der Waals surface area contributed by atoms with E-state index < -0.39 is 11.5 Å². The molecule has 0 radical (unpaired) electrons. The lowest BCUT2D eigenvalue weighted by molar-refractivity contribution is -0.151. The van der Waals surface area contributed by atoms with Crippen LogP contribution in [0.15, 0.2) is 6.07 Å². The van der Waals surface area contributed by atoms with Crippen LogP contribution >= 0.6 is 0 Å². The molecule has 23 heavy (non-hydrogen) atoms. The lowest BCUT2D eigenvalue weighted by Gasteiger charge is -2.41. The Morgan fingerprint density at radius 1 is 1.22 bits per heavy atom. The predicted octanol–water partition coefficient (Wildman–Crippen LogP) is 3.55. The molecule has 5 nitrogen and oxygen atoms in total. The van der Waals surface area contributed by atoms with Crippen LogP contribution in [0.3, 0.4) is 0 Å². The maximum absolute atomic E-state index is 13.0. The fourth-order valence-electron chi connectivity index (χ4n) is 3.99. The molecule has 0 saturated heterocycles. The SMILES string of the molecule is Cc1cc(C(=O)N(C)C2(C(=O)O)CCCCC2)c(C)n1C(C)C. The molecule has 5 heteroatoms. The van der Waals surface area contributed by atoms with Gasteiger partial charge in [-0.2, -0.15) is 0 Å². The van der Waals surface area contributed by atoms with Crippen molar-refractivity contribution in [2.24, 2.45) is 0 Å². The van der Waals surface area contributed by atoms with Crippen LogP contribution in [-0.4, -0.2) is 39.0 Å². The van der Waals surface area contributed by atoms with E-state index >= 15 is 0 Å². The van der Waals surface area contributed by atoms with E-state index in [9.17, 15) is 14.7 Å². The van der Waals surface area contributed by atoms with Crippen molar-refractivity contribution in [2.45, 2.75) is 71.4 Å². The minimum atomic E-state index is -1.06. The zero-order valence-corrected chi connectivity index (χ0v) is 14.8. The predicted molar refractivity (Wildman–Crippen MR) is 89.8 cm³/mol. The average molecular weight is 320 g/mol. The van der Waals surface area contributed by atoms with Crippen molar-refractivity contribution < 1.29 is 14.7 Å². The van der Waals surface area contributed by atoms with Crippen molar-refractivity contribution in [1.82, 2.24) is 9.47 Å². The number of hydrogen-bond donors (Lipinski definition) is 1. The van der Waals surface area contributed by atoms with E-state index in [1.54, 1.807) is 7.05 Å². The summed E-state index contributed by atoms with van der Waals surface area (Å²) < 4.78 is 2.12. The average Bonchev–Trinajstić information content (AvgIpc) is 2.81. The van der Waals surface area contributed by atoms with Gasteiger partial charge in [-0.05, 0) is 46.6 Å². The first-order chi connectivity index (χ1) is 10.7. The van der Waals surface area contributed by atoms with Gasteiger partial charge in [-0.3, -0.25) is 4.79 Å². The molecular weight excluding hydrogens is 292 g/mol. The molecule has 0 bridgehead atoms. The van der Waals surface area contributed by atoms with Gasteiger partial charge in [-0.15, -0.1) is 0 Å². The summed E-state index contributed by atoms with van der Waals surface area (Å²) in [6.45, 7) is 8.08. The molecule has 128 valence electrons. The molecule has 1 aromatic rings. The van der Waals surface area contributed by atoms with E-state index in [0.29, 0.717) is 18.4 Å². The standard InChI is InChI=1S/C18H28N2O3/c1-12(2)20-13(3)11-15(14(20)4)16(21)19(5)18(17(22)23)9-7-6-8-10-18/h11-12H,6-10H2,1-5H3,(H,22,23). The van der Waals surface area contributed by atoms with Crippen LogP contribution in [0, 0.1) is 13.8 Å². The largest absolute Gasteiger partial charge is 0.479 e. The van der Waals surface area contributed by atoms with Gasteiger partial charge in [-0.25, -0.2) is 4.79 Å². The van der Waals surface area contributed by atoms with E-state index in [4.69, 9.17) is 0 Å². The smallest absolute Gasteiger partial charge is 0.329 e. The Bertz CT molecular complexity index is 610. The van der Waals surface area contributed by atoms with E-state index in [2.05, 4.69) is 18.4 Å². The zero-order chi connectivity index (χ0) is 17.4. The number of aliphatic carboxylic acids is 1. The summed E-state index contributed by atoms with van der Waals surface area (Å²) in [6.07, 6.45) is 3.82. The summed E-state index contributed by atoms with van der Waals surface area (Å²) in [5.74, 6) is -1.07. The Morgan fingerprint density at radius 2 is 1.78 bits per heavy atom. The fraction of sp³-hybridized carbons (Fsp3) is 0.667. The highest BCUT2D eigenvalue weighted by Crippen LogP contribution is 2.35.